The van der Waals surface area contributed by atoms with E-state index in [4.69, 9.17) is 4.74 Å². The van der Waals surface area contributed by atoms with E-state index in [9.17, 15) is 0 Å². The average molecular weight is 598 g/mol. The molecule has 136 valence electrons. The highest BCUT2D eigenvalue weighted by Crippen LogP contribution is 2.33. The molecular weight excluding hydrogens is 576 g/mol. The maximum atomic E-state index is 6.16. The van der Waals surface area contributed by atoms with Gasteiger partial charge in [0, 0.05) is 28.7 Å². The molecule has 0 aliphatic heterocycles. The van der Waals surface area contributed by atoms with Crippen molar-refractivity contribution in [3.63, 3.8) is 0 Å². The van der Waals surface area contributed by atoms with E-state index in [-0.39, 0.29) is 10.8 Å². The normalized spacial score (nSPS) is 12.5. The maximum absolute atomic E-state index is 6.16. The summed E-state index contributed by atoms with van der Waals surface area (Å²) in [6.07, 6.45) is 0. The Morgan fingerprint density at radius 2 is 1.00 bits per heavy atom. The number of hydrogen-bond donors (Lipinski definition) is 0. The number of hydrogen-bond acceptors (Lipinski definition) is 1. The monoisotopic (exact) mass is 594 g/mol. The molecule has 2 rings (SSSR count). The number of rotatable bonds is 6. The quantitative estimate of drug-likeness (QED) is 0.328. The zero-order valence-electron chi connectivity index (χ0n) is 14.8. The molecule has 0 aromatic heterocycles. The zero-order valence-corrected chi connectivity index (χ0v) is 21.1. The van der Waals surface area contributed by atoms with Gasteiger partial charge in [-0.05, 0) is 99.1 Å². The molecule has 25 heavy (non-hydrogen) atoms. The molecule has 0 heterocycles. The highest BCUT2D eigenvalue weighted by atomic mass is 79.9. The highest BCUT2D eigenvalue weighted by molar-refractivity contribution is 9.13. The molecule has 0 spiro atoms. The predicted molar refractivity (Wildman–Crippen MR) is 121 cm³/mol. The third-order valence-electron chi connectivity index (χ3n) is 4.33. The van der Waals surface area contributed by atoms with Crippen LogP contribution in [0.1, 0.15) is 38.8 Å². The van der Waals surface area contributed by atoms with E-state index in [2.05, 4.69) is 128 Å². The molecule has 2 aromatic carbocycles. The lowest BCUT2D eigenvalue weighted by atomic mass is 9.84. The molecule has 0 aliphatic rings. The van der Waals surface area contributed by atoms with Gasteiger partial charge in [0.1, 0.15) is 0 Å². The van der Waals surface area contributed by atoms with E-state index in [0.717, 1.165) is 17.9 Å². The minimum absolute atomic E-state index is 0.0560. The molecule has 0 saturated carbocycles. The van der Waals surface area contributed by atoms with Gasteiger partial charge in [0.25, 0.3) is 0 Å². The summed E-state index contributed by atoms with van der Waals surface area (Å²) in [7, 11) is 0. The van der Waals surface area contributed by atoms with Crippen LogP contribution < -0.4 is 0 Å². The van der Waals surface area contributed by atoms with E-state index in [1.54, 1.807) is 0 Å². The Balaban J connectivity index is 2.04. The Bertz CT molecular complexity index is 690. The van der Waals surface area contributed by atoms with Crippen molar-refractivity contribution in [3.8, 4) is 0 Å². The van der Waals surface area contributed by atoms with E-state index in [0.29, 0.717) is 13.2 Å². The van der Waals surface area contributed by atoms with Crippen LogP contribution >= 0.6 is 63.7 Å². The van der Waals surface area contributed by atoms with Crippen LogP contribution in [0.2, 0.25) is 0 Å². The highest BCUT2D eigenvalue weighted by Gasteiger charge is 2.26. The Morgan fingerprint density at radius 1 is 0.640 bits per heavy atom. The summed E-state index contributed by atoms with van der Waals surface area (Å²) in [5.41, 5.74) is 2.40. The molecule has 0 aliphatic carbocycles. The summed E-state index contributed by atoms with van der Waals surface area (Å²) in [6.45, 7) is 10.2. The summed E-state index contributed by atoms with van der Waals surface area (Å²) in [5.74, 6) is 0. The van der Waals surface area contributed by atoms with Crippen LogP contribution in [0.4, 0.5) is 0 Å². The zero-order chi connectivity index (χ0) is 18.8. The van der Waals surface area contributed by atoms with Crippen LogP contribution in [0.25, 0.3) is 0 Å². The van der Waals surface area contributed by atoms with Gasteiger partial charge >= 0.3 is 0 Å². The Labute approximate surface area is 184 Å². The van der Waals surface area contributed by atoms with Gasteiger partial charge in [-0.3, -0.25) is 0 Å². The van der Waals surface area contributed by atoms with Crippen LogP contribution in [-0.2, 0) is 15.6 Å². The third kappa shape index (κ3) is 5.65. The smallest absolute Gasteiger partial charge is 0.0558 e. The van der Waals surface area contributed by atoms with Crippen molar-refractivity contribution in [2.45, 2.75) is 38.5 Å². The second-order valence-corrected chi connectivity index (χ2v) is 10.9. The largest absolute Gasteiger partial charge is 0.380 e. The molecule has 1 nitrogen and oxygen atoms in total. The Hall–Kier alpha value is 0.320. The van der Waals surface area contributed by atoms with Gasteiger partial charge in [-0.15, -0.1) is 0 Å². The van der Waals surface area contributed by atoms with Crippen molar-refractivity contribution in [2.24, 2.45) is 0 Å². The van der Waals surface area contributed by atoms with Crippen LogP contribution in [0.3, 0.4) is 0 Å². The number of halogens is 4. The standard InChI is InChI=1S/C20H22Br4O/c1-19(2,13-5-7-15(21)17(23)9-13)11-25-12-20(3,4)14-6-8-16(22)18(24)10-14/h5-10H,11-12H2,1-4H3. The number of benzene rings is 2. The van der Waals surface area contributed by atoms with E-state index in [1.165, 1.54) is 11.1 Å². The van der Waals surface area contributed by atoms with E-state index < -0.39 is 0 Å². The molecule has 0 N–H and O–H groups in total. The fourth-order valence-corrected chi connectivity index (χ4v) is 3.81. The van der Waals surface area contributed by atoms with Gasteiger partial charge in [0.15, 0.2) is 0 Å². The van der Waals surface area contributed by atoms with Crippen LogP contribution in [0.5, 0.6) is 0 Å². The first kappa shape index (κ1) is 21.6. The molecule has 0 unspecified atom stereocenters. The summed E-state index contributed by atoms with van der Waals surface area (Å²) >= 11 is 14.2. The molecule has 0 bridgehead atoms. The predicted octanol–water partition coefficient (Wildman–Crippen LogP) is 8.01. The first-order chi connectivity index (χ1) is 11.5. The lowest BCUT2D eigenvalue weighted by Crippen LogP contribution is -2.30. The molecule has 5 heteroatoms. The fourth-order valence-electron chi connectivity index (χ4n) is 2.56. The number of ether oxygens (including phenoxy) is 1. The Kier molecular flexibility index (Phi) is 7.40. The lowest BCUT2D eigenvalue weighted by molar-refractivity contribution is 0.0633. The second kappa shape index (κ2) is 8.55. The maximum Gasteiger partial charge on any atom is 0.0558 e. The molecule has 2 aromatic rings. The van der Waals surface area contributed by atoms with Crippen molar-refractivity contribution >= 4 is 63.7 Å². The summed E-state index contributed by atoms with van der Waals surface area (Å²) in [6, 6.07) is 12.8. The lowest BCUT2D eigenvalue weighted by Gasteiger charge is -2.30. The molecule has 0 radical (unpaired) electrons. The molecule has 0 atom stereocenters. The Morgan fingerprint density at radius 3 is 1.32 bits per heavy atom. The summed E-state index contributed by atoms with van der Waals surface area (Å²) in [4.78, 5) is 0. The topological polar surface area (TPSA) is 9.23 Å². The fraction of sp³-hybridized carbons (Fsp3) is 0.400. The van der Waals surface area contributed by atoms with Gasteiger partial charge in [-0.2, -0.15) is 0 Å². The van der Waals surface area contributed by atoms with Crippen molar-refractivity contribution < 1.29 is 4.74 Å². The van der Waals surface area contributed by atoms with Gasteiger partial charge in [0.2, 0.25) is 0 Å². The molecule has 0 saturated heterocycles. The minimum Gasteiger partial charge on any atom is -0.380 e. The molecular formula is C20H22Br4O. The first-order valence-corrected chi connectivity index (χ1v) is 11.2. The van der Waals surface area contributed by atoms with Gasteiger partial charge in [-0.25, -0.2) is 0 Å². The van der Waals surface area contributed by atoms with Crippen LogP contribution in [-0.4, -0.2) is 13.2 Å². The summed E-state index contributed by atoms with van der Waals surface area (Å²) < 4.78 is 10.4. The first-order valence-electron chi connectivity index (χ1n) is 8.02. The van der Waals surface area contributed by atoms with Gasteiger partial charge in [0.05, 0.1) is 13.2 Å². The summed E-state index contributed by atoms with van der Waals surface area (Å²) in [5, 5.41) is 0. The van der Waals surface area contributed by atoms with Crippen molar-refractivity contribution in [1.29, 1.82) is 0 Å². The van der Waals surface area contributed by atoms with E-state index in [1.807, 2.05) is 0 Å². The molecule has 0 fully saturated rings. The van der Waals surface area contributed by atoms with Crippen LogP contribution in [0, 0.1) is 0 Å². The van der Waals surface area contributed by atoms with Crippen molar-refractivity contribution in [3.05, 3.63) is 65.4 Å². The molecule has 0 amide bonds. The van der Waals surface area contributed by atoms with Crippen LogP contribution in [0.15, 0.2) is 54.3 Å². The van der Waals surface area contributed by atoms with Crippen molar-refractivity contribution in [2.75, 3.05) is 13.2 Å². The van der Waals surface area contributed by atoms with E-state index >= 15 is 0 Å². The van der Waals surface area contributed by atoms with Gasteiger partial charge in [-0.1, -0.05) is 39.8 Å². The average Bonchev–Trinajstić information content (AvgIpc) is 2.52. The second-order valence-electron chi connectivity index (χ2n) is 7.52. The van der Waals surface area contributed by atoms with Crippen molar-refractivity contribution in [1.82, 2.24) is 0 Å². The minimum atomic E-state index is -0.0560. The third-order valence-corrected chi connectivity index (χ3v) is 8.09. The SMILES string of the molecule is CC(C)(COCC(C)(C)c1ccc(Br)c(Br)c1)c1ccc(Br)c(Br)c1. The van der Waals surface area contributed by atoms with Gasteiger partial charge < -0.3 is 4.74 Å².